The predicted molar refractivity (Wildman–Crippen MR) is 82.6 cm³/mol. The van der Waals surface area contributed by atoms with Crippen molar-refractivity contribution in [2.75, 3.05) is 17.8 Å². The van der Waals surface area contributed by atoms with Crippen LogP contribution >= 0.6 is 11.6 Å². The van der Waals surface area contributed by atoms with E-state index < -0.39 is 0 Å². The second-order valence-corrected chi connectivity index (χ2v) is 6.28. The maximum Gasteiger partial charge on any atom is 0.230 e. The Hall–Kier alpha value is -1.22. The Balaban J connectivity index is 2.06. The Morgan fingerprint density at radius 2 is 2.15 bits per heavy atom. The molecule has 0 radical (unpaired) electrons. The monoisotopic (exact) mass is 295 g/mol. The fourth-order valence-electron chi connectivity index (χ4n) is 2.22. The Labute approximate surface area is 125 Å². The topological polar surface area (TPSA) is 38.3 Å². The molecule has 3 nitrogen and oxygen atoms in total. The minimum absolute atomic E-state index is 0.0792. The fraction of sp³-hybridized carbons (Fsp3) is 0.562. The van der Waals surface area contributed by atoms with Gasteiger partial charge in [-0.05, 0) is 37.3 Å². The number of carbonyl (C=O) groups excluding carboxylic acids is 1. The SMILES string of the molecule is CC1(C)CCc2ccc(OCCCCCl)cc2NC1=O. The van der Waals surface area contributed by atoms with Crippen molar-refractivity contribution in [2.45, 2.75) is 39.5 Å². The predicted octanol–water partition coefficient (Wildman–Crippen LogP) is 4.00. The second-order valence-electron chi connectivity index (χ2n) is 5.90. The molecule has 4 heteroatoms. The average Bonchev–Trinajstić information content (AvgIpc) is 2.52. The van der Waals surface area contributed by atoms with Crippen LogP contribution in [0.25, 0.3) is 0 Å². The average molecular weight is 296 g/mol. The van der Waals surface area contributed by atoms with Crippen LogP contribution < -0.4 is 10.1 Å². The van der Waals surface area contributed by atoms with E-state index in [0.717, 1.165) is 37.1 Å². The Morgan fingerprint density at radius 3 is 2.90 bits per heavy atom. The molecule has 1 aliphatic heterocycles. The molecule has 2 rings (SSSR count). The summed E-state index contributed by atoms with van der Waals surface area (Å²) in [4.78, 5) is 12.1. The standard InChI is InChI=1S/C16H22ClNO2/c1-16(2)8-7-12-5-6-13(20-10-4-3-9-17)11-14(12)18-15(16)19/h5-6,11H,3-4,7-10H2,1-2H3,(H,18,19). The summed E-state index contributed by atoms with van der Waals surface area (Å²) in [6.45, 7) is 4.63. The van der Waals surface area contributed by atoms with E-state index in [0.29, 0.717) is 12.5 Å². The van der Waals surface area contributed by atoms with Crippen LogP contribution in [0.4, 0.5) is 5.69 Å². The third-order valence-electron chi connectivity index (χ3n) is 3.76. The van der Waals surface area contributed by atoms with Gasteiger partial charge in [0.15, 0.2) is 0 Å². The number of carbonyl (C=O) groups is 1. The number of benzene rings is 1. The molecule has 110 valence electrons. The van der Waals surface area contributed by atoms with Crippen LogP contribution in [-0.4, -0.2) is 18.4 Å². The zero-order valence-corrected chi connectivity index (χ0v) is 12.9. The summed E-state index contributed by atoms with van der Waals surface area (Å²) >= 11 is 5.64. The second kappa shape index (κ2) is 6.49. The molecule has 1 aromatic rings. The molecule has 0 unspecified atom stereocenters. The molecule has 0 atom stereocenters. The number of hydrogen-bond acceptors (Lipinski definition) is 2. The van der Waals surface area contributed by atoms with Gasteiger partial charge in [-0.25, -0.2) is 0 Å². The molecule has 0 aliphatic carbocycles. The van der Waals surface area contributed by atoms with Crippen LogP contribution in [0.2, 0.25) is 0 Å². The van der Waals surface area contributed by atoms with E-state index in [1.54, 1.807) is 0 Å². The lowest BCUT2D eigenvalue weighted by Crippen LogP contribution is -2.29. The van der Waals surface area contributed by atoms with Gasteiger partial charge in [-0.3, -0.25) is 4.79 Å². The summed E-state index contributed by atoms with van der Waals surface area (Å²) in [6.07, 6.45) is 3.67. The summed E-state index contributed by atoms with van der Waals surface area (Å²) in [5.41, 5.74) is 1.74. The van der Waals surface area contributed by atoms with Crippen LogP contribution in [0.3, 0.4) is 0 Å². The minimum Gasteiger partial charge on any atom is -0.494 e. The highest BCUT2D eigenvalue weighted by atomic mass is 35.5. The lowest BCUT2D eigenvalue weighted by molar-refractivity contribution is -0.124. The molecular formula is C16H22ClNO2. The molecule has 1 aromatic carbocycles. The maximum absolute atomic E-state index is 12.1. The molecule has 0 bridgehead atoms. The number of ether oxygens (including phenoxy) is 1. The first-order chi connectivity index (χ1) is 9.53. The Kier molecular flexibility index (Phi) is 4.92. The molecule has 0 saturated heterocycles. The quantitative estimate of drug-likeness (QED) is 0.659. The lowest BCUT2D eigenvalue weighted by Gasteiger charge is -2.19. The van der Waals surface area contributed by atoms with Crippen LogP contribution in [0.1, 0.15) is 38.7 Å². The Bertz CT molecular complexity index is 485. The van der Waals surface area contributed by atoms with Crippen molar-refractivity contribution in [3.63, 3.8) is 0 Å². The third-order valence-corrected chi connectivity index (χ3v) is 4.03. The van der Waals surface area contributed by atoms with Crippen LogP contribution in [0, 0.1) is 5.41 Å². The normalized spacial score (nSPS) is 17.1. The number of anilines is 1. The van der Waals surface area contributed by atoms with Gasteiger partial charge in [-0.2, -0.15) is 0 Å². The number of aryl methyl sites for hydroxylation is 1. The van der Waals surface area contributed by atoms with E-state index >= 15 is 0 Å². The molecular weight excluding hydrogens is 274 g/mol. The van der Waals surface area contributed by atoms with Crippen molar-refractivity contribution in [1.82, 2.24) is 0 Å². The van der Waals surface area contributed by atoms with Gasteiger partial charge in [-0.1, -0.05) is 19.9 Å². The van der Waals surface area contributed by atoms with Crippen LogP contribution in [0.15, 0.2) is 18.2 Å². The van der Waals surface area contributed by atoms with Crippen LogP contribution in [0.5, 0.6) is 5.75 Å². The van der Waals surface area contributed by atoms with E-state index in [9.17, 15) is 4.79 Å². The first-order valence-corrected chi connectivity index (χ1v) is 7.69. The highest BCUT2D eigenvalue weighted by Gasteiger charge is 2.30. The summed E-state index contributed by atoms with van der Waals surface area (Å²) in [5.74, 6) is 1.55. The molecule has 0 fully saturated rings. The zero-order chi connectivity index (χ0) is 14.6. The van der Waals surface area contributed by atoms with E-state index in [1.807, 2.05) is 32.0 Å². The van der Waals surface area contributed by atoms with Crippen LogP contribution in [-0.2, 0) is 11.2 Å². The largest absolute Gasteiger partial charge is 0.494 e. The number of rotatable bonds is 5. The van der Waals surface area contributed by atoms with Gasteiger partial charge in [0.25, 0.3) is 0 Å². The van der Waals surface area contributed by atoms with Gasteiger partial charge < -0.3 is 10.1 Å². The first kappa shape index (κ1) is 15.2. The van der Waals surface area contributed by atoms with Gasteiger partial charge in [0.05, 0.1) is 6.61 Å². The minimum atomic E-state index is -0.319. The number of unbranched alkanes of at least 4 members (excludes halogenated alkanes) is 1. The van der Waals surface area contributed by atoms with Gasteiger partial charge in [-0.15, -0.1) is 11.6 Å². The van der Waals surface area contributed by atoms with Gasteiger partial charge >= 0.3 is 0 Å². The van der Waals surface area contributed by atoms with Gasteiger partial charge in [0.1, 0.15) is 5.75 Å². The van der Waals surface area contributed by atoms with Crippen molar-refractivity contribution < 1.29 is 9.53 Å². The van der Waals surface area contributed by atoms with Gasteiger partial charge in [0.2, 0.25) is 5.91 Å². The third kappa shape index (κ3) is 3.66. The fourth-order valence-corrected chi connectivity index (χ4v) is 2.41. The molecule has 1 heterocycles. The maximum atomic E-state index is 12.1. The lowest BCUT2D eigenvalue weighted by atomic mass is 9.87. The van der Waals surface area contributed by atoms with Crippen molar-refractivity contribution in [2.24, 2.45) is 5.41 Å². The zero-order valence-electron chi connectivity index (χ0n) is 12.2. The number of alkyl halides is 1. The van der Waals surface area contributed by atoms with Crippen molar-refractivity contribution >= 4 is 23.2 Å². The molecule has 1 amide bonds. The number of amides is 1. The molecule has 0 saturated carbocycles. The number of hydrogen-bond donors (Lipinski definition) is 1. The van der Waals surface area contributed by atoms with E-state index in [1.165, 1.54) is 5.56 Å². The summed E-state index contributed by atoms with van der Waals surface area (Å²) in [6, 6.07) is 5.95. The smallest absolute Gasteiger partial charge is 0.230 e. The van der Waals surface area contributed by atoms with E-state index in [-0.39, 0.29) is 11.3 Å². The summed E-state index contributed by atoms with van der Waals surface area (Å²) in [5, 5.41) is 3.01. The number of fused-ring (bicyclic) bond motifs is 1. The highest BCUT2D eigenvalue weighted by Crippen LogP contribution is 2.33. The molecule has 1 N–H and O–H groups in total. The summed E-state index contributed by atoms with van der Waals surface area (Å²) < 4.78 is 5.69. The van der Waals surface area contributed by atoms with Gasteiger partial charge in [0, 0.05) is 23.0 Å². The molecule has 0 spiro atoms. The van der Waals surface area contributed by atoms with Crippen molar-refractivity contribution in [3.05, 3.63) is 23.8 Å². The Morgan fingerprint density at radius 1 is 1.35 bits per heavy atom. The number of halogens is 1. The van der Waals surface area contributed by atoms with E-state index in [2.05, 4.69) is 5.32 Å². The summed E-state index contributed by atoms with van der Waals surface area (Å²) in [7, 11) is 0. The molecule has 0 aromatic heterocycles. The first-order valence-electron chi connectivity index (χ1n) is 7.16. The van der Waals surface area contributed by atoms with E-state index in [4.69, 9.17) is 16.3 Å². The molecule has 1 aliphatic rings. The van der Waals surface area contributed by atoms with Crippen molar-refractivity contribution in [3.8, 4) is 5.75 Å². The number of nitrogens with one attached hydrogen (secondary N) is 1. The highest BCUT2D eigenvalue weighted by molar-refractivity contribution is 6.17. The van der Waals surface area contributed by atoms with Crippen molar-refractivity contribution in [1.29, 1.82) is 0 Å². The molecule has 20 heavy (non-hydrogen) atoms.